The molecule has 2 aromatic rings. The first-order chi connectivity index (χ1) is 11.1. The number of nitrogens with two attached hydrogens (primary N) is 1. The number of carbonyl (C=O) groups excluding carboxylic acids is 1. The second kappa shape index (κ2) is 6.76. The summed E-state index contributed by atoms with van der Waals surface area (Å²) in [4.78, 5) is 18.7. The zero-order chi connectivity index (χ0) is 16.3. The number of thioether (sulfide) groups is 1. The van der Waals surface area contributed by atoms with Crippen LogP contribution in [0.25, 0.3) is 0 Å². The van der Waals surface area contributed by atoms with Gasteiger partial charge in [-0.15, -0.1) is 11.3 Å². The van der Waals surface area contributed by atoms with Crippen molar-refractivity contribution in [1.82, 2.24) is 5.32 Å². The molecule has 1 aromatic carbocycles. The summed E-state index contributed by atoms with van der Waals surface area (Å²) in [6.07, 6.45) is 0.934. The molecule has 0 spiro atoms. The highest BCUT2D eigenvalue weighted by molar-refractivity contribution is 8.13. The molecule has 4 nitrogen and oxygen atoms in total. The molecule has 1 unspecified atom stereocenters. The Morgan fingerprint density at radius 3 is 2.83 bits per heavy atom. The van der Waals surface area contributed by atoms with Gasteiger partial charge in [-0.3, -0.25) is 9.79 Å². The number of amidine groups is 1. The van der Waals surface area contributed by atoms with Crippen molar-refractivity contribution < 1.29 is 4.79 Å². The van der Waals surface area contributed by atoms with Crippen molar-refractivity contribution in [3.05, 3.63) is 57.8 Å². The molecule has 0 bridgehead atoms. The van der Waals surface area contributed by atoms with Gasteiger partial charge in [0, 0.05) is 17.2 Å². The van der Waals surface area contributed by atoms with E-state index in [0.29, 0.717) is 16.6 Å². The lowest BCUT2D eigenvalue weighted by molar-refractivity contribution is 0.0955. The van der Waals surface area contributed by atoms with Crippen molar-refractivity contribution >= 4 is 34.2 Å². The summed E-state index contributed by atoms with van der Waals surface area (Å²) >= 11 is 3.09. The number of benzene rings is 1. The molecule has 0 fully saturated rings. The highest BCUT2D eigenvalue weighted by Gasteiger charge is 2.31. The predicted molar refractivity (Wildman–Crippen MR) is 98.0 cm³/mol. The number of nitrogens with zero attached hydrogens (tertiary/aromatic N) is 1. The Hall–Kier alpha value is -1.79. The normalized spacial score (nSPS) is 20.8. The molecule has 3 N–H and O–H groups in total. The molecule has 1 aromatic heterocycles. The number of carbonyl (C=O) groups is 1. The Morgan fingerprint density at radius 2 is 2.09 bits per heavy atom. The van der Waals surface area contributed by atoms with E-state index in [1.807, 2.05) is 42.5 Å². The van der Waals surface area contributed by atoms with Gasteiger partial charge in [-0.25, -0.2) is 0 Å². The van der Waals surface area contributed by atoms with E-state index >= 15 is 0 Å². The third-order valence-corrected chi connectivity index (χ3v) is 5.98. The standard InChI is InChI=1S/C17H19N3OS2/c1-17(9-10-22-16(18)20-17)14-8-7-13(23-14)15(21)19-11-12-5-3-2-4-6-12/h2-8H,9-11H2,1H3,(H2,18,20)(H,19,21). The number of rotatable bonds is 4. The maximum atomic E-state index is 12.3. The van der Waals surface area contributed by atoms with Gasteiger partial charge in [-0.2, -0.15) is 0 Å². The van der Waals surface area contributed by atoms with Crippen LogP contribution in [0.2, 0.25) is 0 Å². The molecular formula is C17H19N3OS2. The summed E-state index contributed by atoms with van der Waals surface area (Å²) in [7, 11) is 0. The number of hydrogen-bond acceptors (Lipinski definition) is 5. The molecule has 0 saturated heterocycles. The predicted octanol–water partition coefficient (Wildman–Crippen LogP) is 3.34. The van der Waals surface area contributed by atoms with Gasteiger partial charge < -0.3 is 11.1 Å². The first-order valence-electron chi connectivity index (χ1n) is 7.47. The number of hydrogen-bond donors (Lipinski definition) is 2. The molecule has 23 heavy (non-hydrogen) atoms. The number of nitrogens with one attached hydrogen (secondary N) is 1. The Kier molecular flexibility index (Phi) is 4.73. The second-order valence-corrected chi connectivity index (χ2v) is 7.85. The molecule has 0 aliphatic carbocycles. The molecule has 0 saturated carbocycles. The Labute approximate surface area is 144 Å². The van der Waals surface area contributed by atoms with Gasteiger partial charge in [0.25, 0.3) is 5.91 Å². The molecule has 1 atom stereocenters. The SMILES string of the molecule is CC1(c2ccc(C(=O)NCc3ccccc3)s2)CCSC(N)=N1. The van der Waals surface area contributed by atoms with Gasteiger partial charge in [-0.05, 0) is 31.0 Å². The van der Waals surface area contributed by atoms with E-state index in [9.17, 15) is 4.79 Å². The monoisotopic (exact) mass is 345 g/mol. The highest BCUT2D eigenvalue weighted by Crippen LogP contribution is 2.38. The summed E-state index contributed by atoms with van der Waals surface area (Å²) < 4.78 is 0. The fourth-order valence-electron chi connectivity index (χ4n) is 2.48. The summed E-state index contributed by atoms with van der Waals surface area (Å²) in [6.45, 7) is 2.61. The molecule has 120 valence electrons. The van der Waals surface area contributed by atoms with E-state index < -0.39 is 0 Å². The Bertz CT molecular complexity index is 726. The van der Waals surface area contributed by atoms with E-state index in [-0.39, 0.29) is 11.4 Å². The van der Waals surface area contributed by atoms with Crippen LogP contribution in [-0.4, -0.2) is 16.8 Å². The van der Waals surface area contributed by atoms with Crippen LogP contribution in [0, 0.1) is 0 Å². The minimum absolute atomic E-state index is 0.0455. The Morgan fingerprint density at radius 1 is 1.30 bits per heavy atom. The van der Waals surface area contributed by atoms with Gasteiger partial charge in [0.2, 0.25) is 0 Å². The lowest BCUT2D eigenvalue weighted by atomic mass is 9.98. The van der Waals surface area contributed by atoms with Crippen LogP contribution in [0.5, 0.6) is 0 Å². The zero-order valence-electron chi connectivity index (χ0n) is 12.9. The molecule has 1 aliphatic rings. The van der Waals surface area contributed by atoms with E-state index in [4.69, 9.17) is 5.73 Å². The maximum absolute atomic E-state index is 12.3. The van der Waals surface area contributed by atoms with Gasteiger partial charge >= 0.3 is 0 Å². The van der Waals surface area contributed by atoms with Gasteiger partial charge in [0.05, 0.1) is 10.4 Å². The van der Waals surface area contributed by atoms with Crippen LogP contribution in [0.15, 0.2) is 47.5 Å². The van der Waals surface area contributed by atoms with Crippen molar-refractivity contribution in [2.24, 2.45) is 10.7 Å². The van der Waals surface area contributed by atoms with Crippen LogP contribution < -0.4 is 11.1 Å². The van der Waals surface area contributed by atoms with Crippen LogP contribution >= 0.6 is 23.1 Å². The average molecular weight is 345 g/mol. The van der Waals surface area contributed by atoms with E-state index in [1.165, 1.54) is 11.3 Å². The van der Waals surface area contributed by atoms with Crippen molar-refractivity contribution in [2.45, 2.75) is 25.4 Å². The van der Waals surface area contributed by atoms with E-state index in [0.717, 1.165) is 22.6 Å². The largest absolute Gasteiger partial charge is 0.379 e. The number of thiophene rings is 1. The molecule has 6 heteroatoms. The number of aliphatic imine (C=N–C) groups is 1. The summed E-state index contributed by atoms with van der Waals surface area (Å²) in [5.41, 5.74) is 6.65. The smallest absolute Gasteiger partial charge is 0.261 e. The van der Waals surface area contributed by atoms with Gasteiger partial charge in [0.15, 0.2) is 5.17 Å². The van der Waals surface area contributed by atoms with Crippen molar-refractivity contribution in [3.63, 3.8) is 0 Å². The topological polar surface area (TPSA) is 67.5 Å². The first-order valence-corrected chi connectivity index (χ1v) is 9.28. The van der Waals surface area contributed by atoms with Crippen molar-refractivity contribution in [3.8, 4) is 0 Å². The molecule has 2 heterocycles. The summed E-state index contributed by atoms with van der Waals surface area (Å²) in [5.74, 6) is 0.912. The molecule has 0 radical (unpaired) electrons. The summed E-state index contributed by atoms with van der Waals surface area (Å²) in [5, 5.41) is 3.59. The lowest BCUT2D eigenvalue weighted by Gasteiger charge is -2.28. The van der Waals surface area contributed by atoms with E-state index in [2.05, 4.69) is 17.2 Å². The minimum atomic E-state index is -0.308. The van der Waals surface area contributed by atoms with Crippen molar-refractivity contribution in [2.75, 3.05) is 5.75 Å². The first kappa shape index (κ1) is 16.1. The minimum Gasteiger partial charge on any atom is -0.379 e. The zero-order valence-corrected chi connectivity index (χ0v) is 14.5. The molecule has 1 amide bonds. The lowest BCUT2D eigenvalue weighted by Crippen LogP contribution is -2.27. The van der Waals surface area contributed by atoms with Crippen LogP contribution in [0.4, 0.5) is 0 Å². The Balaban J connectivity index is 1.69. The average Bonchev–Trinajstić information content (AvgIpc) is 3.04. The van der Waals surface area contributed by atoms with E-state index in [1.54, 1.807) is 11.8 Å². The van der Waals surface area contributed by atoms with Gasteiger partial charge in [-0.1, -0.05) is 42.1 Å². The summed E-state index contributed by atoms with van der Waals surface area (Å²) in [6, 6.07) is 13.8. The molecule has 1 aliphatic heterocycles. The highest BCUT2D eigenvalue weighted by atomic mass is 32.2. The van der Waals surface area contributed by atoms with Crippen LogP contribution in [0.3, 0.4) is 0 Å². The second-order valence-electron chi connectivity index (χ2n) is 5.65. The molecule has 3 rings (SSSR count). The quantitative estimate of drug-likeness (QED) is 0.893. The third kappa shape index (κ3) is 3.76. The third-order valence-electron chi connectivity index (χ3n) is 3.85. The number of amides is 1. The van der Waals surface area contributed by atoms with Crippen LogP contribution in [-0.2, 0) is 12.1 Å². The maximum Gasteiger partial charge on any atom is 0.261 e. The van der Waals surface area contributed by atoms with Crippen molar-refractivity contribution in [1.29, 1.82) is 0 Å². The van der Waals surface area contributed by atoms with Gasteiger partial charge in [0.1, 0.15) is 0 Å². The molecular weight excluding hydrogens is 326 g/mol. The van der Waals surface area contributed by atoms with Crippen LogP contribution in [0.1, 0.15) is 33.5 Å². The fourth-order valence-corrected chi connectivity index (χ4v) is 4.49. The fraction of sp³-hybridized carbons (Fsp3) is 0.294.